The highest BCUT2D eigenvalue weighted by Crippen LogP contribution is 2.11. The highest BCUT2D eigenvalue weighted by atomic mass is 32.2. The van der Waals surface area contributed by atoms with Gasteiger partial charge in [0.25, 0.3) is 0 Å². The molecule has 0 aromatic heterocycles. The van der Waals surface area contributed by atoms with Crippen LogP contribution in [0.5, 0.6) is 0 Å². The van der Waals surface area contributed by atoms with Crippen LogP contribution in [0.4, 0.5) is 5.69 Å². The molecule has 1 aromatic carbocycles. The van der Waals surface area contributed by atoms with Crippen LogP contribution in [0.1, 0.15) is 18.4 Å². The molecule has 1 rings (SSSR count). The summed E-state index contributed by atoms with van der Waals surface area (Å²) in [6.45, 7) is 2.21. The van der Waals surface area contributed by atoms with Gasteiger partial charge in [0, 0.05) is 17.9 Å². The number of nitrogens with one attached hydrogen (secondary N) is 1. The first-order chi connectivity index (χ1) is 8.22. The lowest BCUT2D eigenvalue weighted by atomic mass is 10.2. The number of carbonyl (C=O) groups excluding carboxylic acids is 1. The molecule has 0 bridgehead atoms. The summed E-state index contributed by atoms with van der Waals surface area (Å²) in [4.78, 5) is 11.6. The van der Waals surface area contributed by atoms with Crippen LogP contribution in [0.3, 0.4) is 0 Å². The number of benzene rings is 1. The van der Waals surface area contributed by atoms with E-state index in [1.165, 1.54) is 0 Å². The van der Waals surface area contributed by atoms with Gasteiger partial charge >= 0.3 is 0 Å². The third-order valence-corrected chi connectivity index (χ3v) is 3.28. The summed E-state index contributed by atoms with van der Waals surface area (Å²) in [6, 6.07) is 7.78. The van der Waals surface area contributed by atoms with Crippen molar-refractivity contribution in [3.63, 3.8) is 0 Å². The van der Waals surface area contributed by atoms with E-state index in [1.54, 1.807) is 11.8 Å². The van der Waals surface area contributed by atoms with Crippen molar-refractivity contribution in [2.24, 2.45) is 0 Å². The van der Waals surface area contributed by atoms with Crippen molar-refractivity contribution in [2.45, 2.75) is 19.8 Å². The summed E-state index contributed by atoms with van der Waals surface area (Å²) in [5.74, 6) is 1.72. The number of hydrogen-bond acceptors (Lipinski definition) is 3. The molecule has 0 fully saturated rings. The van der Waals surface area contributed by atoms with Crippen molar-refractivity contribution < 1.29 is 9.90 Å². The van der Waals surface area contributed by atoms with E-state index in [9.17, 15) is 4.79 Å². The van der Waals surface area contributed by atoms with Crippen LogP contribution in [0.15, 0.2) is 24.3 Å². The van der Waals surface area contributed by atoms with Crippen LogP contribution in [0.2, 0.25) is 0 Å². The van der Waals surface area contributed by atoms with Crippen LogP contribution in [-0.4, -0.2) is 29.1 Å². The number of thioether (sulfide) groups is 1. The maximum atomic E-state index is 11.6. The van der Waals surface area contributed by atoms with Gasteiger partial charge in [0.15, 0.2) is 0 Å². The second kappa shape index (κ2) is 8.14. The van der Waals surface area contributed by atoms with Gasteiger partial charge in [-0.3, -0.25) is 4.79 Å². The van der Waals surface area contributed by atoms with Crippen LogP contribution < -0.4 is 5.32 Å². The number of aliphatic hydroxyl groups excluding tert-OH is 1. The monoisotopic (exact) mass is 253 g/mol. The van der Waals surface area contributed by atoms with E-state index in [2.05, 4.69) is 5.32 Å². The Morgan fingerprint density at radius 1 is 1.41 bits per heavy atom. The predicted octanol–water partition coefficient (Wildman–Crippen LogP) is 2.44. The third-order valence-electron chi connectivity index (χ3n) is 2.23. The Bertz CT molecular complexity index is 355. The average molecular weight is 253 g/mol. The highest BCUT2D eigenvalue weighted by molar-refractivity contribution is 7.99. The van der Waals surface area contributed by atoms with E-state index >= 15 is 0 Å². The van der Waals surface area contributed by atoms with E-state index in [1.807, 2.05) is 31.2 Å². The molecule has 4 heteroatoms. The largest absolute Gasteiger partial charge is 0.396 e. The van der Waals surface area contributed by atoms with Crippen molar-refractivity contribution in [3.8, 4) is 0 Å². The zero-order valence-corrected chi connectivity index (χ0v) is 10.9. The maximum absolute atomic E-state index is 11.6. The number of carbonyl (C=O) groups is 1. The molecule has 3 nitrogen and oxygen atoms in total. The van der Waals surface area contributed by atoms with Crippen molar-refractivity contribution in [2.75, 3.05) is 23.4 Å². The molecule has 0 unspecified atom stereocenters. The number of rotatable bonds is 7. The van der Waals surface area contributed by atoms with E-state index in [0.717, 1.165) is 29.2 Å². The average Bonchev–Trinajstić information content (AvgIpc) is 2.29. The lowest BCUT2D eigenvalue weighted by Crippen LogP contribution is -2.11. The van der Waals surface area contributed by atoms with Crippen molar-refractivity contribution in [3.05, 3.63) is 29.8 Å². The fourth-order valence-electron chi connectivity index (χ4n) is 1.45. The van der Waals surface area contributed by atoms with Gasteiger partial charge in [-0.25, -0.2) is 0 Å². The minimum atomic E-state index is 0.0557. The number of aryl methyl sites for hydroxylation is 1. The number of hydrogen-bond donors (Lipinski definition) is 2. The van der Waals surface area contributed by atoms with Crippen LogP contribution in [0, 0.1) is 6.92 Å². The van der Waals surface area contributed by atoms with Gasteiger partial charge in [-0.05, 0) is 36.8 Å². The molecule has 0 saturated carbocycles. The van der Waals surface area contributed by atoms with Gasteiger partial charge in [-0.15, -0.1) is 0 Å². The Labute approximate surface area is 107 Å². The van der Waals surface area contributed by atoms with Gasteiger partial charge in [-0.2, -0.15) is 11.8 Å². The first-order valence-corrected chi connectivity index (χ1v) is 6.93. The molecule has 94 valence electrons. The Hall–Kier alpha value is -1.00. The molecule has 2 N–H and O–H groups in total. The van der Waals surface area contributed by atoms with E-state index in [0.29, 0.717) is 6.42 Å². The van der Waals surface area contributed by atoms with Crippen LogP contribution in [0.25, 0.3) is 0 Å². The Morgan fingerprint density at radius 2 is 2.24 bits per heavy atom. The lowest BCUT2D eigenvalue weighted by Gasteiger charge is -2.05. The summed E-state index contributed by atoms with van der Waals surface area (Å²) >= 11 is 1.67. The quantitative estimate of drug-likeness (QED) is 0.734. The molecule has 0 aliphatic rings. The number of anilines is 1. The molecule has 0 spiro atoms. The molecular formula is C13H19NO2S. The molecule has 0 heterocycles. The maximum Gasteiger partial charge on any atom is 0.224 e. The van der Waals surface area contributed by atoms with Gasteiger partial charge in [0.1, 0.15) is 0 Å². The van der Waals surface area contributed by atoms with Crippen molar-refractivity contribution in [1.29, 1.82) is 0 Å². The topological polar surface area (TPSA) is 49.3 Å². The zero-order chi connectivity index (χ0) is 12.5. The summed E-state index contributed by atoms with van der Waals surface area (Å²) in [7, 11) is 0. The molecule has 1 amide bonds. The molecule has 0 aliphatic carbocycles. The highest BCUT2D eigenvalue weighted by Gasteiger charge is 2.02. The summed E-state index contributed by atoms with van der Waals surface area (Å²) in [5.41, 5.74) is 2.00. The molecule has 0 radical (unpaired) electrons. The predicted molar refractivity (Wildman–Crippen MR) is 73.5 cm³/mol. The molecule has 0 aliphatic heterocycles. The van der Waals surface area contributed by atoms with E-state index in [-0.39, 0.29) is 12.5 Å². The second-order valence-electron chi connectivity index (χ2n) is 3.86. The smallest absolute Gasteiger partial charge is 0.224 e. The van der Waals surface area contributed by atoms with Gasteiger partial charge in [-0.1, -0.05) is 12.1 Å². The first-order valence-electron chi connectivity index (χ1n) is 5.77. The Balaban J connectivity index is 2.21. The minimum Gasteiger partial charge on any atom is -0.396 e. The summed E-state index contributed by atoms with van der Waals surface area (Å²) in [6.07, 6.45) is 1.38. The third kappa shape index (κ3) is 6.34. The Kier molecular flexibility index (Phi) is 6.74. The molecule has 0 saturated heterocycles. The fraction of sp³-hybridized carbons (Fsp3) is 0.462. The first kappa shape index (κ1) is 14.1. The SMILES string of the molecule is Cc1cccc(NC(=O)CCCSCCO)c1. The van der Waals surface area contributed by atoms with Gasteiger partial charge < -0.3 is 10.4 Å². The van der Waals surface area contributed by atoms with Gasteiger partial charge in [0.2, 0.25) is 5.91 Å². The summed E-state index contributed by atoms with van der Waals surface area (Å²) < 4.78 is 0. The van der Waals surface area contributed by atoms with Gasteiger partial charge in [0.05, 0.1) is 6.61 Å². The minimum absolute atomic E-state index is 0.0557. The summed E-state index contributed by atoms with van der Waals surface area (Å²) in [5, 5.41) is 11.5. The second-order valence-corrected chi connectivity index (χ2v) is 5.08. The van der Waals surface area contributed by atoms with Crippen LogP contribution >= 0.6 is 11.8 Å². The lowest BCUT2D eigenvalue weighted by molar-refractivity contribution is -0.116. The van der Waals surface area contributed by atoms with Crippen molar-refractivity contribution >= 4 is 23.4 Å². The normalized spacial score (nSPS) is 10.2. The zero-order valence-electron chi connectivity index (χ0n) is 10.1. The fourth-order valence-corrected chi connectivity index (χ4v) is 2.13. The van der Waals surface area contributed by atoms with Crippen molar-refractivity contribution in [1.82, 2.24) is 0 Å². The molecule has 17 heavy (non-hydrogen) atoms. The number of aliphatic hydroxyl groups is 1. The number of amides is 1. The van der Waals surface area contributed by atoms with E-state index < -0.39 is 0 Å². The molecular weight excluding hydrogens is 234 g/mol. The van der Waals surface area contributed by atoms with Crippen LogP contribution in [-0.2, 0) is 4.79 Å². The van der Waals surface area contributed by atoms with E-state index in [4.69, 9.17) is 5.11 Å². The molecule has 1 aromatic rings. The standard InChI is InChI=1S/C13H19NO2S/c1-11-4-2-5-12(10-11)14-13(16)6-3-8-17-9-7-15/h2,4-5,10,15H,3,6-9H2,1H3,(H,14,16). The molecule has 0 atom stereocenters. The Morgan fingerprint density at radius 3 is 2.94 bits per heavy atom.